The largest absolute Gasteiger partial charge is 0.504 e. The molecule has 1 aromatic rings. The first kappa shape index (κ1) is 9.80. The van der Waals surface area contributed by atoms with Crippen molar-refractivity contribution in [2.75, 3.05) is 20.1 Å². The number of hydrogen-bond donors (Lipinski definition) is 1. The fourth-order valence-corrected chi connectivity index (χ4v) is 2.06. The molecule has 1 aromatic heterocycles. The first-order valence-electron chi connectivity index (χ1n) is 4.79. The van der Waals surface area contributed by atoms with Gasteiger partial charge in [0, 0.05) is 0 Å². The van der Waals surface area contributed by atoms with Gasteiger partial charge in [-0.15, -0.1) is 0 Å². The van der Waals surface area contributed by atoms with Crippen molar-refractivity contribution in [3.05, 3.63) is 11.3 Å². The zero-order valence-electron chi connectivity index (χ0n) is 8.15. The van der Waals surface area contributed by atoms with Gasteiger partial charge >= 0.3 is 0 Å². The summed E-state index contributed by atoms with van der Waals surface area (Å²) in [6.07, 6.45) is 3.48. The van der Waals surface area contributed by atoms with E-state index in [1.54, 1.807) is 4.68 Å². The second-order valence-electron chi connectivity index (χ2n) is 3.80. The second-order valence-corrected chi connectivity index (χ2v) is 4.16. The summed E-state index contributed by atoms with van der Waals surface area (Å²) in [5.41, 5.74) is 0. The topological polar surface area (TPSA) is 41.3 Å². The van der Waals surface area contributed by atoms with E-state index in [2.05, 4.69) is 17.0 Å². The maximum absolute atomic E-state index is 9.30. The van der Waals surface area contributed by atoms with Crippen LogP contribution in [0.15, 0.2) is 6.20 Å². The van der Waals surface area contributed by atoms with Gasteiger partial charge in [-0.1, -0.05) is 11.6 Å². The maximum atomic E-state index is 9.30. The van der Waals surface area contributed by atoms with Crippen LogP contribution in [0.4, 0.5) is 0 Å². The predicted molar refractivity (Wildman–Crippen MR) is 54.7 cm³/mol. The summed E-state index contributed by atoms with van der Waals surface area (Å²) >= 11 is 5.92. The normalized spacial score (nSPS) is 20.1. The van der Waals surface area contributed by atoms with E-state index >= 15 is 0 Å². The average Bonchev–Trinajstić information content (AvgIpc) is 2.50. The Morgan fingerprint density at radius 1 is 1.50 bits per heavy atom. The standard InChI is InChI=1S/C9H14ClN3O/c1-12-4-2-7(3-5-12)13-9(10)8(14)6-11-13/h6-7,14H,2-5H2,1H3. The Morgan fingerprint density at radius 3 is 2.64 bits per heavy atom. The van der Waals surface area contributed by atoms with Gasteiger partial charge in [0.25, 0.3) is 0 Å². The molecule has 1 aliphatic rings. The number of likely N-dealkylation sites (tertiary alicyclic amines) is 1. The molecule has 5 heteroatoms. The van der Waals surface area contributed by atoms with Crippen molar-refractivity contribution in [2.24, 2.45) is 0 Å². The molecule has 0 saturated carbocycles. The molecule has 78 valence electrons. The fraction of sp³-hybridized carbons (Fsp3) is 0.667. The highest BCUT2D eigenvalue weighted by molar-refractivity contribution is 6.30. The Kier molecular flexibility index (Phi) is 2.65. The first-order chi connectivity index (χ1) is 6.68. The predicted octanol–water partition coefficient (Wildman–Crippen LogP) is 1.51. The maximum Gasteiger partial charge on any atom is 0.173 e. The summed E-state index contributed by atoms with van der Waals surface area (Å²) in [7, 11) is 2.11. The lowest BCUT2D eigenvalue weighted by molar-refractivity contribution is 0.212. The van der Waals surface area contributed by atoms with Crippen LogP contribution in [0.5, 0.6) is 5.75 Å². The molecule has 2 heterocycles. The summed E-state index contributed by atoms with van der Waals surface area (Å²) in [6, 6.07) is 0.333. The van der Waals surface area contributed by atoms with Crippen LogP contribution in [0.3, 0.4) is 0 Å². The first-order valence-corrected chi connectivity index (χ1v) is 5.17. The van der Waals surface area contributed by atoms with Gasteiger partial charge in [-0.05, 0) is 33.0 Å². The van der Waals surface area contributed by atoms with Gasteiger partial charge in [0.2, 0.25) is 0 Å². The minimum atomic E-state index is 0.0746. The van der Waals surface area contributed by atoms with E-state index in [-0.39, 0.29) is 5.75 Å². The summed E-state index contributed by atoms with van der Waals surface area (Å²) in [5, 5.41) is 13.7. The smallest absolute Gasteiger partial charge is 0.173 e. The summed E-state index contributed by atoms with van der Waals surface area (Å²) in [4.78, 5) is 2.29. The van der Waals surface area contributed by atoms with E-state index in [0.717, 1.165) is 25.9 Å². The van der Waals surface area contributed by atoms with Crippen LogP contribution in [-0.2, 0) is 0 Å². The summed E-state index contributed by atoms with van der Waals surface area (Å²) in [5.74, 6) is 0.0746. The van der Waals surface area contributed by atoms with Crippen molar-refractivity contribution in [3.8, 4) is 5.75 Å². The van der Waals surface area contributed by atoms with E-state index in [0.29, 0.717) is 11.2 Å². The number of hydrogen-bond acceptors (Lipinski definition) is 3. The molecule has 4 nitrogen and oxygen atoms in total. The molecule has 1 aliphatic heterocycles. The number of aromatic hydroxyl groups is 1. The number of piperidine rings is 1. The average molecular weight is 216 g/mol. The minimum absolute atomic E-state index is 0.0746. The quantitative estimate of drug-likeness (QED) is 0.772. The number of aromatic nitrogens is 2. The minimum Gasteiger partial charge on any atom is -0.504 e. The van der Waals surface area contributed by atoms with E-state index in [1.165, 1.54) is 6.20 Å². The van der Waals surface area contributed by atoms with Crippen molar-refractivity contribution in [2.45, 2.75) is 18.9 Å². The third-order valence-electron chi connectivity index (χ3n) is 2.75. The van der Waals surface area contributed by atoms with E-state index in [4.69, 9.17) is 11.6 Å². The molecule has 0 aliphatic carbocycles. The molecule has 0 unspecified atom stereocenters. The molecule has 1 fully saturated rings. The molecule has 0 spiro atoms. The van der Waals surface area contributed by atoms with Gasteiger partial charge < -0.3 is 10.0 Å². The highest BCUT2D eigenvalue weighted by Crippen LogP contribution is 2.29. The Bertz CT molecular complexity index is 318. The molecule has 0 radical (unpaired) electrons. The zero-order valence-corrected chi connectivity index (χ0v) is 8.91. The van der Waals surface area contributed by atoms with Crippen LogP contribution in [0.1, 0.15) is 18.9 Å². The molecule has 2 rings (SSSR count). The third kappa shape index (κ3) is 1.72. The molecular weight excluding hydrogens is 202 g/mol. The van der Waals surface area contributed by atoms with Crippen molar-refractivity contribution in [1.82, 2.24) is 14.7 Å². The zero-order chi connectivity index (χ0) is 10.1. The van der Waals surface area contributed by atoms with Crippen molar-refractivity contribution >= 4 is 11.6 Å². The molecule has 0 aromatic carbocycles. The summed E-state index contributed by atoms with van der Waals surface area (Å²) < 4.78 is 1.73. The lowest BCUT2D eigenvalue weighted by Gasteiger charge is -2.29. The molecule has 0 bridgehead atoms. The third-order valence-corrected chi connectivity index (χ3v) is 3.12. The second kappa shape index (κ2) is 3.79. The summed E-state index contributed by atoms with van der Waals surface area (Å²) in [6.45, 7) is 2.11. The molecule has 0 amide bonds. The van der Waals surface area contributed by atoms with Gasteiger partial charge in [-0.3, -0.25) is 0 Å². The highest BCUT2D eigenvalue weighted by atomic mass is 35.5. The van der Waals surface area contributed by atoms with E-state index in [1.807, 2.05) is 0 Å². The van der Waals surface area contributed by atoms with E-state index in [9.17, 15) is 5.11 Å². The highest BCUT2D eigenvalue weighted by Gasteiger charge is 2.21. The van der Waals surface area contributed by atoms with Crippen LogP contribution < -0.4 is 0 Å². The lowest BCUT2D eigenvalue weighted by atomic mass is 10.1. The molecule has 0 atom stereocenters. The number of halogens is 1. The Morgan fingerprint density at radius 2 is 2.14 bits per heavy atom. The molecule has 1 N–H and O–H groups in total. The van der Waals surface area contributed by atoms with Gasteiger partial charge in [0.05, 0.1) is 12.2 Å². The Labute approximate surface area is 88.1 Å². The molecular formula is C9H14ClN3O. The van der Waals surface area contributed by atoms with Crippen molar-refractivity contribution in [1.29, 1.82) is 0 Å². The van der Waals surface area contributed by atoms with Gasteiger partial charge in [0.1, 0.15) is 0 Å². The Balaban J connectivity index is 2.12. The van der Waals surface area contributed by atoms with Crippen LogP contribution in [0, 0.1) is 0 Å². The number of nitrogens with zero attached hydrogens (tertiary/aromatic N) is 3. The van der Waals surface area contributed by atoms with Crippen LogP contribution in [-0.4, -0.2) is 39.9 Å². The van der Waals surface area contributed by atoms with Crippen LogP contribution >= 0.6 is 11.6 Å². The number of rotatable bonds is 1. The SMILES string of the molecule is CN1CCC(n2ncc(O)c2Cl)CC1. The fourth-order valence-electron chi connectivity index (χ4n) is 1.83. The van der Waals surface area contributed by atoms with E-state index < -0.39 is 0 Å². The van der Waals surface area contributed by atoms with Crippen LogP contribution in [0.2, 0.25) is 5.15 Å². The molecule has 14 heavy (non-hydrogen) atoms. The Hall–Kier alpha value is -0.740. The van der Waals surface area contributed by atoms with Gasteiger partial charge in [-0.2, -0.15) is 5.10 Å². The molecule has 1 saturated heterocycles. The van der Waals surface area contributed by atoms with Gasteiger partial charge in [-0.25, -0.2) is 4.68 Å². The van der Waals surface area contributed by atoms with Crippen LogP contribution in [0.25, 0.3) is 0 Å². The van der Waals surface area contributed by atoms with Crippen molar-refractivity contribution in [3.63, 3.8) is 0 Å². The lowest BCUT2D eigenvalue weighted by Crippen LogP contribution is -2.31. The monoisotopic (exact) mass is 215 g/mol. The van der Waals surface area contributed by atoms with Gasteiger partial charge in [0.15, 0.2) is 10.9 Å². The van der Waals surface area contributed by atoms with Crippen molar-refractivity contribution < 1.29 is 5.11 Å².